The van der Waals surface area contributed by atoms with Crippen molar-refractivity contribution in [1.29, 1.82) is 0 Å². The van der Waals surface area contributed by atoms with Crippen molar-refractivity contribution >= 4 is 18.0 Å². The summed E-state index contributed by atoms with van der Waals surface area (Å²) in [5.74, 6) is 4.11. The van der Waals surface area contributed by atoms with E-state index in [-0.39, 0.29) is 24.0 Å². The van der Waals surface area contributed by atoms with E-state index in [1.807, 2.05) is 20.8 Å². The molecule has 0 spiro atoms. The molecule has 254 valence electrons. The van der Waals surface area contributed by atoms with Crippen LogP contribution in [0, 0.1) is 46.3 Å². The van der Waals surface area contributed by atoms with Gasteiger partial charge in [-0.15, -0.1) is 0 Å². The Labute approximate surface area is 273 Å². The standard InChI is InChI=1S/C38H62N2O5/c1-24(2)11-12-25(3)29-15-16-30-28-14-13-26-22-27(17-19-37(26,7)31(28)18-20-38(29,30)8)44-33(41)23-39-34(42)32-10-9-21-40(32)35(43)45-36(4,5)6/h13,24-25,27-32H,9-12,14-23H2,1-8H3,(H,39,42)/t25-,27-,28+,29-,30+,31+,32+,37+,38-/m1/s1. The maximum atomic E-state index is 12.9. The van der Waals surface area contributed by atoms with Gasteiger partial charge in [-0.25, -0.2) is 4.79 Å². The van der Waals surface area contributed by atoms with Gasteiger partial charge >= 0.3 is 12.1 Å². The van der Waals surface area contributed by atoms with Crippen molar-refractivity contribution < 1.29 is 23.9 Å². The lowest BCUT2D eigenvalue weighted by molar-refractivity contribution is -0.151. The summed E-state index contributed by atoms with van der Waals surface area (Å²) in [6.45, 7) is 18.1. The van der Waals surface area contributed by atoms with E-state index in [0.717, 1.165) is 61.2 Å². The van der Waals surface area contributed by atoms with E-state index >= 15 is 0 Å². The lowest BCUT2D eigenvalue weighted by Crippen LogP contribution is -2.51. The molecule has 9 atom stereocenters. The van der Waals surface area contributed by atoms with Crippen LogP contribution in [0.5, 0.6) is 0 Å². The van der Waals surface area contributed by atoms with E-state index in [0.29, 0.717) is 18.4 Å². The summed E-state index contributed by atoms with van der Waals surface area (Å²) in [4.78, 5) is 39.9. The zero-order valence-corrected chi connectivity index (χ0v) is 29.6. The van der Waals surface area contributed by atoms with E-state index < -0.39 is 23.7 Å². The Kier molecular flexibility index (Phi) is 10.1. The summed E-state index contributed by atoms with van der Waals surface area (Å²) in [5.41, 5.74) is 1.56. The van der Waals surface area contributed by atoms with Crippen molar-refractivity contribution in [3.63, 3.8) is 0 Å². The number of carbonyl (C=O) groups is 3. The fraction of sp³-hybridized carbons (Fsp3) is 0.868. The molecule has 2 amide bonds. The fourth-order valence-corrected chi connectivity index (χ4v) is 10.6. The van der Waals surface area contributed by atoms with Crippen LogP contribution in [0.15, 0.2) is 11.6 Å². The molecule has 0 aromatic carbocycles. The second-order valence-electron chi connectivity index (χ2n) is 17.3. The number of fused-ring (bicyclic) bond motifs is 5. The maximum Gasteiger partial charge on any atom is 0.410 e. The van der Waals surface area contributed by atoms with Crippen LogP contribution in [0.2, 0.25) is 0 Å². The third-order valence-corrected chi connectivity index (χ3v) is 12.9. The average Bonchev–Trinajstić information content (AvgIpc) is 3.59. The van der Waals surface area contributed by atoms with Crippen molar-refractivity contribution in [1.82, 2.24) is 10.2 Å². The molecule has 0 unspecified atom stereocenters. The maximum absolute atomic E-state index is 12.9. The summed E-state index contributed by atoms with van der Waals surface area (Å²) in [7, 11) is 0. The number of likely N-dealkylation sites (tertiary alicyclic amines) is 1. The molecule has 1 heterocycles. The molecule has 0 aromatic heterocycles. The van der Waals surface area contributed by atoms with Crippen LogP contribution in [0.1, 0.15) is 132 Å². The van der Waals surface area contributed by atoms with Gasteiger partial charge in [0.25, 0.3) is 0 Å². The van der Waals surface area contributed by atoms with Crippen molar-refractivity contribution in [2.24, 2.45) is 46.3 Å². The molecule has 7 heteroatoms. The first-order valence-electron chi connectivity index (χ1n) is 18.3. The normalized spacial score (nSPS) is 36.8. The summed E-state index contributed by atoms with van der Waals surface area (Å²) in [5, 5.41) is 2.73. The molecule has 5 aliphatic rings. The number of ether oxygens (including phenoxy) is 2. The summed E-state index contributed by atoms with van der Waals surface area (Å²) >= 11 is 0. The van der Waals surface area contributed by atoms with Gasteiger partial charge in [0.2, 0.25) is 5.91 Å². The molecule has 7 nitrogen and oxygen atoms in total. The van der Waals surface area contributed by atoms with Gasteiger partial charge in [0, 0.05) is 13.0 Å². The molecule has 0 aromatic rings. The molecule has 5 rings (SSSR count). The average molecular weight is 627 g/mol. The van der Waals surface area contributed by atoms with Gasteiger partial charge in [0.05, 0.1) is 0 Å². The monoisotopic (exact) mass is 626 g/mol. The highest BCUT2D eigenvalue weighted by atomic mass is 16.6. The van der Waals surface area contributed by atoms with E-state index in [2.05, 4.69) is 46.0 Å². The zero-order valence-electron chi connectivity index (χ0n) is 29.6. The van der Waals surface area contributed by atoms with E-state index in [1.54, 1.807) is 0 Å². The van der Waals surface area contributed by atoms with Crippen molar-refractivity contribution in [2.75, 3.05) is 13.1 Å². The fourth-order valence-electron chi connectivity index (χ4n) is 10.6. The minimum atomic E-state index is -0.627. The van der Waals surface area contributed by atoms with Gasteiger partial charge in [-0.3, -0.25) is 14.5 Å². The summed E-state index contributed by atoms with van der Waals surface area (Å²) in [6.07, 6.45) is 15.4. The topological polar surface area (TPSA) is 84.9 Å². The lowest BCUT2D eigenvalue weighted by atomic mass is 9.47. The summed E-state index contributed by atoms with van der Waals surface area (Å²) in [6, 6.07) is -0.612. The van der Waals surface area contributed by atoms with Crippen LogP contribution in [0.25, 0.3) is 0 Å². The van der Waals surface area contributed by atoms with Gasteiger partial charge in [0.15, 0.2) is 0 Å². The molecule has 1 N–H and O–H groups in total. The summed E-state index contributed by atoms with van der Waals surface area (Å²) < 4.78 is 11.4. The predicted octanol–water partition coefficient (Wildman–Crippen LogP) is 8.07. The van der Waals surface area contributed by atoms with Gasteiger partial charge in [-0.2, -0.15) is 0 Å². The second kappa shape index (κ2) is 13.2. The number of hydrogen-bond acceptors (Lipinski definition) is 5. The Hall–Kier alpha value is -2.05. The molecule has 3 saturated carbocycles. The molecular weight excluding hydrogens is 564 g/mol. The largest absolute Gasteiger partial charge is 0.461 e. The highest BCUT2D eigenvalue weighted by molar-refractivity contribution is 5.88. The van der Waals surface area contributed by atoms with Gasteiger partial charge in [0.1, 0.15) is 24.3 Å². The Morgan fingerprint density at radius 1 is 1.00 bits per heavy atom. The van der Waals surface area contributed by atoms with Crippen LogP contribution in [-0.2, 0) is 19.1 Å². The molecule has 1 saturated heterocycles. The molecular formula is C38H62N2O5. The smallest absolute Gasteiger partial charge is 0.410 e. The van der Waals surface area contributed by atoms with Crippen molar-refractivity contribution in [3.05, 3.63) is 11.6 Å². The van der Waals surface area contributed by atoms with Crippen LogP contribution in [0.4, 0.5) is 4.79 Å². The SMILES string of the molecule is CC(C)CC[C@@H](C)[C@H]1CC[C@H]2[C@@H]3CC=C4C[C@H](OC(=O)CNC(=O)[C@@H]5CCCN5C(=O)OC(C)(C)C)CC[C@]4(C)[C@H]3CC[C@]12C. The number of allylic oxidation sites excluding steroid dienone is 1. The van der Waals surface area contributed by atoms with Crippen molar-refractivity contribution in [2.45, 2.75) is 150 Å². The Balaban J connectivity index is 1.14. The molecule has 4 fully saturated rings. The van der Waals surface area contributed by atoms with Gasteiger partial charge in [-0.1, -0.05) is 59.1 Å². The highest BCUT2D eigenvalue weighted by Gasteiger charge is 2.59. The first kappa shape index (κ1) is 34.3. The van der Waals surface area contributed by atoms with Crippen LogP contribution >= 0.6 is 0 Å². The molecule has 0 radical (unpaired) electrons. The van der Waals surface area contributed by atoms with Gasteiger partial charge in [-0.05, 0) is 125 Å². The first-order valence-corrected chi connectivity index (χ1v) is 18.3. The molecule has 45 heavy (non-hydrogen) atoms. The number of nitrogens with one attached hydrogen (secondary N) is 1. The Bertz CT molecular complexity index is 1140. The van der Waals surface area contributed by atoms with Crippen LogP contribution in [0.3, 0.4) is 0 Å². The Morgan fingerprint density at radius 3 is 2.47 bits per heavy atom. The molecule has 4 aliphatic carbocycles. The number of esters is 1. The molecule has 0 bridgehead atoms. The Morgan fingerprint density at radius 2 is 1.76 bits per heavy atom. The first-order chi connectivity index (χ1) is 21.1. The predicted molar refractivity (Wildman–Crippen MR) is 177 cm³/mol. The number of nitrogens with zero attached hydrogens (tertiary/aromatic N) is 1. The quantitative estimate of drug-likeness (QED) is 0.218. The number of amides is 2. The third-order valence-electron chi connectivity index (χ3n) is 12.9. The number of hydrogen-bond donors (Lipinski definition) is 1. The lowest BCUT2D eigenvalue weighted by Gasteiger charge is -2.58. The number of rotatable bonds is 8. The molecule has 1 aliphatic heterocycles. The van der Waals surface area contributed by atoms with Crippen LogP contribution in [-0.4, -0.2) is 53.7 Å². The van der Waals surface area contributed by atoms with E-state index in [1.165, 1.54) is 55.4 Å². The van der Waals surface area contributed by atoms with E-state index in [9.17, 15) is 14.4 Å². The number of carbonyl (C=O) groups excluding carboxylic acids is 3. The van der Waals surface area contributed by atoms with Crippen LogP contribution < -0.4 is 5.32 Å². The second-order valence-corrected chi connectivity index (χ2v) is 17.3. The highest BCUT2D eigenvalue weighted by Crippen LogP contribution is 2.67. The van der Waals surface area contributed by atoms with Gasteiger partial charge < -0.3 is 14.8 Å². The zero-order chi connectivity index (χ0) is 32.7. The van der Waals surface area contributed by atoms with E-state index in [4.69, 9.17) is 9.47 Å². The third kappa shape index (κ3) is 7.12. The van der Waals surface area contributed by atoms with Crippen molar-refractivity contribution in [3.8, 4) is 0 Å². The minimum absolute atomic E-state index is 0.137. The minimum Gasteiger partial charge on any atom is -0.461 e.